The van der Waals surface area contributed by atoms with Crippen molar-refractivity contribution in [3.8, 4) is 5.75 Å². The second-order valence-electron chi connectivity index (χ2n) is 7.00. The Morgan fingerprint density at radius 2 is 1.46 bits per heavy atom. The van der Waals surface area contributed by atoms with E-state index in [2.05, 4.69) is 6.92 Å². The molecule has 146 valence electrons. The zero-order valence-corrected chi connectivity index (χ0v) is 16.6. The van der Waals surface area contributed by atoms with Crippen LogP contribution in [-0.2, 0) is 9.53 Å². The monoisotopic (exact) mass is 362 g/mol. The van der Waals surface area contributed by atoms with E-state index in [1.807, 2.05) is 0 Å². The molecule has 0 heterocycles. The van der Waals surface area contributed by atoms with Crippen LogP contribution in [0.2, 0.25) is 0 Å². The smallest absolute Gasteiger partial charge is 0.342 e. The van der Waals surface area contributed by atoms with Crippen molar-refractivity contribution in [3.63, 3.8) is 0 Å². The Morgan fingerprint density at radius 1 is 0.885 bits per heavy atom. The molecule has 1 rings (SSSR count). The predicted octanol–water partition coefficient (Wildman–Crippen LogP) is 6.08. The molecule has 0 aliphatic carbocycles. The lowest BCUT2D eigenvalue weighted by atomic mass is 10.1. The molecule has 0 amide bonds. The van der Waals surface area contributed by atoms with Gasteiger partial charge in [0.05, 0.1) is 6.10 Å². The Balaban J connectivity index is 2.28. The van der Waals surface area contributed by atoms with Gasteiger partial charge in [0.1, 0.15) is 11.3 Å². The molecule has 0 N–H and O–H groups in total. The summed E-state index contributed by atoms with van der Waals surface area (Å²) in [5.74, 6) is -0.483. The molecule has 26 heavy (non-hydrogen) atoms. The summed E-state index contributed by atoms with van der Waals surface area (Å²) in [5, 5.41) is 0. The average Bonchev–Trinajstić information content (AvgIpc) is 2.60. The normalized spacial score (nSPS) is 10.8. The highest BCUT2D eigenvalue weighted by molar-refractivity contribution is 5.93. The van der Waals surface area contributed by atoms with Crippen LogP contribution >= 0.6 is 0 Å². The van der Waals surface area contributed by atoms with Gasteiger partial charge in [-0.05, 0) is 32.4 Å². The number of ether oxygens (including phenoxy) is 2. The van der Waals surface area contributed by atoms with Gasteiger partial charge in [0.2, 0.25) is 0 Å². The van der Waals surface area contributed by atoms with E-state index in [4.69, 9.17) is 9.47 Å². The van der Waals surface area contributed by atoms with Crippen LogP contribution in [0.3, 0.4) is 0 Å². The summed E-state index contributed by atoms with van der Waals surface area (Å²) in [7, 11) is 0. The number of para-hydroxylation sites is 1. The van der Waals surface area contributed by atoms with Crippen molar-refractivity contribution in [1.29, 1.82) is 0 Å². The molecule has 0 radical (unpaired) electrons. The van der Waals surface area contributed by atoms with E-state index in [1.165, 1.54) is 38.5 Å². The molecular weight excluding hydrogens is 328 g/mol. The predicted molar refractivity (Wildman–Crippen MR) is 104 cm³/mol. The first-order valence-corrected chi connectivity index (χ1v) is 10.0. The number of benzene rings is 1. The number of rotatable bonds is 13. The minimum Gasteiger partial charge on any atom is -0.459 e. The third kappa shape index (κ3) is 9.59. The third-order valence-corrected chi connectivity index (χ3v) is 4.16. The lowest BCUT2D eigenvalue weighted by Gasteiger charge is -2.11. The summed E-state index contributed by atoms with van der Waals surface area (Å²) < 4.78 is 10.6. The molecule has 0 spiro atoms. The van der Waals surface area contributed by atoms with E-state index < -0.39 is 5.97 Å². The topological polar surface area (TPSA) is 52.6 Å². The maximum Gasteiger partial charge on any atom is 0.342 e. The fourth-order valence-electron chi connectivity index (χ4n) is 2.76. The van der Waals surface area contributed by atoms with E-state index in [0.717, 1.165) is 19.3 Å². The van der Waals surface area contributed by atoms with Gasteiger partial charge < -0.3 is 9.47 Å². The van der Waals surface area contributed by atoms with E-state index in [-0.39, 0.29) is 17.8 Å². The van der Waals surface area contributed by atoms with Crippen molar-refractivity contribution in [1.82, 2.24) is 0 Å². The molecule has 0 saturated heterocycles. The molecule has 4 heteroatoms. The fourth-order valence-corrected chi connectivity index (χ4v) is 2.76. The Labute approximate surface area is 158 Å². The molecule has 0 bridgehead atoms. The first-order valence-electron chi connectivity index (χ1n) is 10.0. The van der Waals surface area contributed by atoms with E-state index in [9.17, 15) is 9.59 Å². The number of unbranched alkanes of at least 4 members (excludes halogenated alkanes) is 8. The van der Waals surface area contributed by atoms with Gasteiger partial charge in [-0.1, -0.05) is 70.4 Å². The zero-order chi connectivity index (χ0) is 19.2. The van der Waals surface area contributed by atoms with E-state index in [1.54, 1.807) is 38.1 Å². The largest absolute Gasteiger partial charge is 0.459 e. The summed E-state index contributed by atoms with van der Waals surface area (Å²) in [6.45, 7) is 5.80. The SMILES string of the molecule is CCCCCCCCCCCC(=O)Oc1ccccc1C(=O)OC(C)C. The van der Waals surface area contributed by atoms with Gasteiger partial charge in [0.25, 0.3) is 0 Å². The van der Waals surface area contributed by atoms with Gasteiger partial charge in [0, 0.05) is 6.42 Å². The summed E-state index contributed by atoms with van der Waals surface area (Å²) >= 11 is 0. The lowest BCUT2D eigenvalue weighted by molar-refractivity contribution is -0.134. The molecule has 0 aliphatic heterocycles. The van der Waals surface area contributed by atoms with Gasteiger partial charge in [-0.2, -0.15) is 0 Å². The first kappa shape index (κ1) is 22.2. The summed E-state index contributed by atoms with van der Waals surface area (Å²) in [5.41, 5.74) is 0.293. The quantitative estimate of drug-likeness (QED) is 0.242. The minimum absolute atomic E-state index is 0.215. The molecular formula is C22H34O4. The van der Waals surface area contributed by atoms with E-state index >= 15 is 0 Å². The Kier molecular flexibility index (Phi) is 11.4. The van der Waals surface area contributed by atoms with Crippen molar-refractivity contribution in [2.75, 3.05) is 0 Å². The molecule has 4 nitrogen and oxygen atoms in total. The Morgan fingerprint density at radius 3 is 2.08 bits per heavy atom. The minimum atomic E-state index is -0.466. The van der Waals surface area contributed by atoms with Gasteiger partial charge in [-0.15, -0.1) is 0 Å². The average molecular weight is 363 g/mol. The molecule has 0 fully saturated rings. The highest BCUT2D eigenvalue weighted by Gasteiger charge is 2.17. The van der Waals surface area contributed by atoms with Crippen LogP contribution in [0.25, 0.3) is 0 Å². The van der Waals surface area contributed by atoms with Gasteiger partial charge in [0.15, 0.2) is 0 Å². The van der Waals surface area contributed by atoms with Crippen LogP contribution in [-0.4, -0.2) is 18.0 Å². The van der Waals surface area contributed by atoms with Gasteiger partial charge in [-0.3, -0.25) is 4.79 Å². The second-order valence-corrected chi connectivity index (χ2v) is 7.00. The molecule has 0 aromatic heterocycles. The van der Waals surface area contributed by atoms with Crippen molar-refractivity contribution in [2.24, 2.45) is 0 Å². The van der Waals surface area contributed by atoms with Crippen molar-refractivity contribution < 1.29 is 19.1 Å². The zero-order valence-electron chi connectivity index (χ0n) is 16.6. The van der Waals surface area contributed by atoms with Gasteiger partial charge >= 0.3 is 11.9 Å². The third-order valence-electron chi connectivity index (χ3n) is 4.16. The number of carbonyl (C=O) groups is 2. The van der Waals surface area contributed by atoms with Crippen LogP contribution in [0, 0.1) is 0 Å². The summed E-state index contributed by atoms with van der Waals surface area (Å²) in [4.78, 5) is 24.1. The molecule has 0 saturated carbocycles. The Hall–Kier alpha value is -1.84. The molecule has 1 aromatic rings. The Bertz CT molecular complexity index is 537. The molecule has 0 atom stereocenters. The van der Waals surface area contributed by atoms with Crippen LogP contribution in [0.15, 0.2) is 24.3 Å². The highest BCUT2D eigenvalue weighted by Crippen LogP contribution is 2.20. The van der Waals surface area contributed by atoms with Crippen molar-refractivity contribution >= 4 is 11.9 Å². The lowest BCUT2D eigenvalue weighted by Crippen LogP contribution is -2.15. The van der Waals surface area contributed by atoms with Crippen molar-refractivity contribution in [3.05, 3.63) is 29.8 Å². The number of hydrogen-bond acceptors (Lipinski definition) is 4. The summed E-state index contributed by atoms with van der Waals surface area (Å²) in [6, 6.07) is 6.72. The first-order chi connectivity index (χ1) is 12.5. The summed E-state index contributed by atoms with van der Waals surface area (Å²) in [6.07, 6.45) is 11.0. The number of carbonyl (C=O) groups excluding carboxylic acids is 2. The number of hydrogen-bond donors (Lipinski definition) is 0. The van der Waals surface area contributed by atoms with Crippen LogP contribution in [0.1, 0.15) is 95.3 Å². The fraction of sp³-hybridized carbons (Fsp3) is 0.636. The van der Waals surface area contributed by atoms with Gasteiger partial charge in [-0.25, -0.2) is 4.79 Å². The van der Waals surface area contributed by atoms with E-state index in [0.29, 0.717) is 12.0 Å². The molecule has 0 aliphatic rings. The molecule has 0 unspecified atom stereocenters. The van der Waals surface area contributed by atoms with Crippen LogP contribution in [0.4, 0.5) is 0 Å². The van der Waals surface area contributed by atoms with Crippen LogP contribution < -0.4 is 4.74 Å². The van der Waals surface area contributed by atoms with Crippen LogP contribution in [0.5, 0.6) is 5.75 Å². The maximum absolute atomic E-state index is 12.1. The standard InChI is InChI=1S/C22H34O4/c1-4-5-6-7-8-9-10-11-12-17-21(23)26-20-16-14-13-15-19(20)22(24)25-18(2)3/h13-16,18H,4-12,17H2,1-3H3. The highest BCUT2D eigenvalue weighted by atomic mass is 16.6. The molecule has 1 aromatic carbocycles. The second kappa shape index (κ2) is 13.4. The maximum atomic E-state index is 12.1. The number of esters is 2. The van der Waals surface area contributed by atoms with Crippen molar-refractivity contribution in [2.45, 2.75) is 91.1 Å².